The minimum Gasteiger partial charge on any atom is -0.384 e. The van der Waals surface area contributed by atoms with Crippen molar-refractivity contribution in [2.24, 2.45) is 5.73 Å². The van der Waals surface area contributed by atoms with Gasteiger partial charge in [0, 0.05) is 18.1 Å². The number of hydrogen-bond donors (Lipinski definition) is 2. The summed E-state index contributed by atoms with van der Waals surface area (Å²) in [6, 6.07) is 8.32. The lowest BCUT2D eigenvalue weighted by atomic mass is 10.0. The number of nitrogens with zero attached hydrogens (tertiary/aromatic N) is 2. The van der Waals surface area contributed by atoms with Crippen LogP contribution in [0.4, 0.5) is 5.69 Å². The summed E-state index contributed by atoms with van der Waals surface area (Å²) in [6.07, 6.45) is 2.70. The number of pyridine rings is 1. The van der Waals surface area contributed by atoms with E-state index < -0.39 is 0 Å². The van der Waals surface area contributed by atoms with E-state index >= 15 is 0 Å². The van der Waals surface area contributed by atoms with Crippen molar-refractivity contribution in [1.29, 1.82) is 5.41 Å². The van der Waals surface area contributed by atoms with Gasteiger partial charge in [-0.05, 0) is 12.5 Å². The standard InChI is InChI=1S/C16H20N4O/c1-2-11-10-21-8-7-20(11)15-12-5-3-4-6-14(12)19-9-13(15)16(17)18/h3-6,9,11H,2,7-8,10H2,1H3,(H3,17,18). The Bertz CT molecular complexity index is 670. The molecule has 0 bridgehead atoms. The third-order valence-electron chi connectivity index (χ3n) is 4.02. The van der Waals surface area contributed by atoms with Crippen LogP contribution < -0.4 is 10.6 Å². The van der Waals surface area contributed by atoms with Crippen LogP contribution in [-0.2, 0) is 4.74 Å². The largest absolute Gasteiger partial charge is 0.384 e. The van der Waals surface area contributed by atoms with Gasteiger partial charge < -0.3 is 15.4 Å². The first-order valence-corrected chi connectivity index (χ1v) is 7.29. The highest BCUT2D eigenvalue weighted by atomic mass is 16.5. The summed E-state index contributed by atoms with van der Waals surface area (Å²) in [5.74, 6) is 0.0598. The molecule has 0 spiro atoms. The quantitative estimate of drug-likeness (QED) is 0.669. The van der Waals surface area contributed by atoms with E-state index in [1.807, 2.05) is 24.3 Å². The molecule has 0 saturated carbocycles. The molecule has 1 aliphatic heterocycles. The van der Waals surface area contributed by atoms with E-state index in [1.54, 1.807) is 6.20 Å². The lowest BCUT2D eigenvalue weighted by Crippen LogP contribution is -2.46. The SMILES string of the molecule is CCC1COCCN1c1c(C(=N)N)cnc2ccccc12. The van der Waals surface area contributed by atoms with Crippen molar-refractivity contribution in [2.75, 3.05) is 24.7 Å². The fraction of sp³-hybridized carbons (Fsp3) is 0.375. The predicted octanol–water partition coefficient (Wildman–Crippen LogP) is 2.13. The first kappa shape index (κ1) is 13.8. The molecule has 110 valence electrons. The fourth-order valence-corrected chi connectivity index (χ4v) is 2.92. The molecule has 1 aromatic carbocycles. The number of nitrogens with one attached hydrogen (secondary N) is 1. The summed E-state index contributed by atoms with van der Waals surface area (Å²) >= 11 is 0. The average molecular weight is 284 g/mol. The molecule has 1 aromatic heterocycles. The Kier molecular flexibility index (Phi) is 3.75. The van der Waals surface area contributed by atoms with Gasteiger partial charge in [-0.2, -0.15) is 0 Å². The van der Waals surface area contributed by atoms with Crippen molar-refractivity contribution in [1.82, 2.24) is 4.98 Å². The van der Waals surface area contributed by atoms with Crippen LogP contribution in [0.5, 0.6) is 0 Å². The van der Waals surface area contributed by atoms with Crippen LogP contribution >= 0.6 is 0 Å². The molecule has 1 unspecified atom stereocenters. The highest BCUT2D eigenvalue weighted by Gasteiger charge is 2.26. The molecule has 0 amide bonds. The van der Waals surface area contributed by atoms with Gasteiger partial charge in [0.2, 0.25) is 0 Å². The second-order valence-electron chi connectivity index (χ2n) is 5.28. The third-order valence-corrected chi connectivity index (χ3v) is 4.02. The zero-order valence-electron chi connectivity index (χ0n) is 12.2. The van der Waals surface area contributed by atoms with Gasteiger partial charge in [0.15, 0.2) is 0 Å². The number of nitrogen functional groups attached to an aromatic ring is 1. The molecule has 2 heterocycles. The summed E-state index contributed by atoms with van der Waals surface area (Å²) < 4.78 is 5.59. The van der Waals surface area contributed by atoms with E-state index in [-0.39, 0.29) is 5.84 Å². The van der Waals surface area contributed by atoms with Crippen LogP contribution in [0, 0.1) is 5.41 Å². The molecule has 5 heteroatoms. The Morgan fingerprint density at radius 1 is 1.48 bits per heavy atom. The third kappa shape index (κ3) is 2.45. The van der Waals surface area contributed by atoms with Crippen LogP contribution in [0.1, 0.15) is 18.9 Å². The summed E-state index contributed by atoms with van der Waals surface area (Å²) in [4.78, 5) is 6.75. The summed E-state index contributed by atoms with van der Waals surface area (Å²) in [7, 11) is 0. The second-order valence-corrected chi connectivity index (χ2v) is 5.28. The molecule has 1 atom stereocenters. The lowest BCUT2D eigenvalue weighted by Gasteiger charge is -2.38. The van der Waals surface area contributed by atoms with Gasteiger partial charge in [-0.15, -0.1) is 0 Å². The molecule has 21 heavy (non-hydrogen) atoms. The Morgan fingerprint density at radius 3 is 3.05 bits per heavy atom. The van der Waals surface area contributed by atoms with E-state index in [1.165, 1.54) is 0 Å². The number of morpholine rings is 1. The first-order chi connectivity index (χ1) is 10.2. The van der Waals surface area contributed by atoms with Crippen LogP contribution in [0.2, 0.25) is 0 Å². The van der Waals surface area contributed by atoms with Crippen LogP contribution in [0.3, 0.4) is 0 Å². The molecule has 0 radical (unpaired) electrons. The summed E-state index contributed by atoms with van der Waals surface area (Å²) in [5, 5.41) is 8.92. The molecule has 3 rings (SSSR count). The maximum atomic E-state index is 7.87. The molecule has 0 aliphatic carbocycles. The van der Waals surface area contributed by atoms with E-state index in [0.717, 1.165) is 29.6 Å². The topological polar surface area (TPSA) is 75.2 Å². The number of amidine groups is 1. The number of hydrogen-bond acceptors (Lipinski definition) is 4. The van der Waals surface area contributed by atoms with Crippen LogP contribution in [-0.4, -0.2) is 36.6 Å². The van der Waals surface area contributed by atoms with E-state index in [2.05, 4.69) is 16.8 Å². The van der Waals surface area contributed by atoms with Gasteiger partial charge in [0.05, 0.1) is 36.0 Å². The second kappa shape index (κ2) is 5.69. The Labute approximate surface area is 124 Å². The van der Waals surface area contributed by atoms with Gasteiger partial charge in [0.1, 0.15) is 5.84 Å². The number of anilines is 1. The maximum Gasteiger partial charge on any atom is 0.126 e. The number of fused-ring (bicyclic) bond motifs is 1. The molecule has 3 N–H and O–H groups in total. The lowest BCUT2D eigenvalue weighted by molar-refractivity contribution is 0.0931. The minimum absolute atomic E-state index is 0.0598. The molecular formula is C16H20N4O. The van der Waals surface area contributed by atoms with Crippen molar-refractivity contribution >= 4 is 22.4 Å². The van der Waals surface area contributed by atoms with E-state index in [0.29, 0.717) is 24.8 Å². The maximum absolute atomic E-state index is 7.87. The monoisotopic (exact) mass is 284 g/mol. The average Bonchev–Trinajstić information content (AvgIpc) is 2.53. The zero-order valence-corrected chi connectivity index (χ0v) is 12.2. The van der Waals surface area contributed by atoms with Gasteiger partial charge in [-0.25, -0.2) is 0 Å². The highest BCUT2D eigenvalue weighted by molar-refractivity contribution is 6.07. The van der Waals surface area contributed by atoms with Gasteiger partial charge >= 0.3 is 0 Å². The Balaban J connectivity index is 2.22. The molecule has 1 aliphatic rings. The number of ether oxygens (including phenoxy) is 1. The number of benzene rings is 1. The minimum atomic E-state index is 0.0598. The van der Waals surface area contributed by atoms with Crippen molar-refractivity contribution in [3.63, 3.8) is 0 Å². The van der Waals surface area contributed by atoms with Crippen LogP contribution in [0.15, 0.2) is 30.5 Å². The smallest absolute Gasteiger partial charge is 0.126 e. The van der Waals surface area contributed by atoms with Crippen LogP contribution in [0.25, 0.3) is 10.9 Å². The molecule has 1 saturated heterocycles. The van der Waals surface area contributed by atoms with Crippen molar-refractivity contribution in [3.05, 3.63) is 36.0 Å². The number of aromatic nitrogens is 1. The van der Waals surface area contributed by atoms with Crippen molar-refractivity contribution < 1.29 is 4.74 Å². The normalized spacial score (nSPS) is 18.9. The summed E-state index contributed by atoms with van der Waals surface area (Å²) in [5.41, 5.74) is 8.43. The van der Waals surface area contributed by atoms with Gasteiger partial charge in [-0.3, -0.25) is 10.4 Å². The predicted molar refractivity (Wildman–Crippen MR) is 85.0 cm³/mol. The highest BCUT2D eigenvalue weighted by Crippen LogP contribution is 2.32. The fourth-order valence-electron chi connectivity index (χ4n) is 2.92. The Morgan fingerprint density at radius 2 is 2.29 bits per heavy atom. The van der Waals surface area contributed by atoms with E-state index in [9.17, 15) is 0 Å². The zero-order chi connectivity index (χ0) is 14.8. The number of para-hydroxylation sites is 1. The van der Waals surface area contributed by atoms with Gasteiger partial charge in [-0.1, -0.05) is 25.1 Å². The summed E-state index contributed by atoms with van der Waals surface area (Å²) in [6.45, 7) is 4.38. The number of rotatable bonds is 3. The first-order valence-electron chi connectivity index (χ1n) is 7.29. The molecule has 5 nitrogen and oxygen atoms in total. The number of nitrogens with two attached hydrogens (primary N) is 1. The van der Waals surface area contributed by atoms with Gasteiger partial charge in [0.25, 0.3) is 0 Å². The molecule has 2 aromatic rings. The van der Waals surface area contributed by atoms with Crippen molar-refractivity contribution in [3.8, 4) is 0 Å². The Hall–Kier alpha value is -2.14. The molecular weight excluding hydrogens is 264 g/mol. The van der Waals surface area contributed by atoms with E-state index in [4.69, 9.17) is 15.9 Å². The van der Waals surface area contributed by atoms with Crippen molar-refractivity contribution in [2.45, 2.75) is 19.4 Å². The molecule has 1 fully saturated rings.